The summed E-state index contributed by atoms with van der Waals surface area (Å²) in [5, 5.41) is 0. The largest absolute Gasteiger partial charge is 0.340 e. The highest BCUT2D eigenvalue weighted by Crippen LogP contribution is 2.32. The topological polar surface area (TPSA) is 49.0 Å². The lowest BCUT2D eigenvalue weighted by Crippen LogP contribution is -2.31. The lowest BCUT2D eigenvalue weighted by Gasteiger charge is -2.23. The molecule has 0 aliphatic carbocycles. The zero-order valence-corrected chi connectivity index (χ0v) is 17.2. The van der Waals surface area contributed by atoms with Crippen LogP contribution in [0.1, 0.15) is 36.7 Å². The van der Waals surface area contributed by atoms with Gasteiger partial charge in [0.05, 0.1) is 17.1 Å². The molecule has 0 saturated carbocycles. The maximum atomic E-state index is 13.5. The van der Waals surface area contributed by atoms with Crippen molar-refractivity contribution in [2.75, 3.05) is 6.54 Å². The number of imidazole rings is 1. The van der Waals surface area contributed by atoms with E-state index in [9.17, 15) is 9.18 Å². The number of aryl methyl sites for hydroxylation is 1. The van der Waals surface area contributed by atoms with Gasteiger partial charge in [0, 0.05) is 13.0 Å². The molecule has 1 saturated heterocycles. The minimum Gasteiger partial charge on any atom is -0.340 e. The molecule has 0 bridgehead atoms. The van der Waals surface area contributed by atoms with E-state index in [2.05, 4.69) is 46.4 Å². The molecule has 4 aromatic rings. The van der Waals surface area contributed by atoms with Crippen LogP contribution in [0.25, 0.3) is 22.2 Å². The number of halogens is 1. The van der Waals surface area contributed by atoms with Gasteiger partial charge in [-0.2, -0.15) is 0 Å². The van der Waals surface area contributed by atoms with Crippen molar-refractivity contribution in [3.8, 4) is 11.1 Å². The highest BCUT2D eigenvalue weighted by atomic mass is 19.1. The molecule has 3 aromatic carbocycles. The van der Waals surface area contributed by atoms with Crippen LogP contribution in [-0.2, 0) is 11.2 Å². The maximum Gasteiger partial charge on any atom is 0.223 e. The standard InChI is InChI=1S/C26H24FN3O/c27-21-13-14-22-23(17-21)29-26(28-22)24-7-4-16-30(24)25(31)15-10-18-8-11-20(12-9-18)19-5-2-1-3-6-19/h1-3,5-6,8-9,11-14,17,24H,4,7,10,15-16H2,(H,28,29)/t24-/m0/s1. The number of carbonyl (C=O) groups is 1. The number of H-pyrrole nitrogens is 1. The maximum absolute atomic E-state index is 13.5. The van der Waals surface area contributed by atoms with Gasteiger partial charge < -0.3 is 9.88 Å². The average Bonchev–Trinajstić information content (AvgIpc) is 3.45. The van der Waals surface area contributed by atoms with Crippen LogP contribution in [0.2, 0.25) is 0 Å². The Bertz CT molecular complexity index is 1200. The van der Waals surface area contributed by atoms with Gasteiger partial charge in [-0.1, -0.05) is 54.6 Å². The summed E-state index contributed by atoms with van der Waals surface area (Å²) in [7, 11) is 0. The summed E-state index contributed by atoms with van der Waals surface area (Å²) >= 11 is 0. The third-order valence-corrected chi connectivity index (χ3v) is 6.04. The SMILES string of the molecule is O=C(CCc1ccc(-c2ccccc2)cc1)N1CCC[C@H]1c1nc2ccc(F)cc2[nH]1. The molecule has 0 unspecified atom stereocenters. The molecule has 5 rings (SSSR count). The first-order chi connectivity index (χ1) is 15.2. The van der Waals surface area contributed by atoms with Gasteiger partial charge in [0.25, 0.3) is 0 Å². The summed E-state index contributed by atoms with van der Waals surface area (Å²) in [6.07, 6.45) is 3.01. The molecule has 4 nitrogen and oxygen atoms in total. The second-order valence-electron chi connectivity index (χ2n) is 8.09. The minimum absolute atomic E-state index is 0.0663. The predicted molar refractivity (Wildman–Crippen MR) is 120 cm³/mol. The van der Waals surface area contributed by atoms with E-state index < -0.39 is 0 Å². The van der Waals surface area contributed by atoms with Crippen LogP contribution in [0, 0.1) is 5.82 Å². The molecule has 1 atom stereocenters. The van der Waals surface area contributed by atoms with Gasteiger partial charge in [0.1, 0.15) is 11.6 Å². The summed E-state index contributed by atoms with van der Waals surface area (Å²) in [6.45, 7) is 0.738. The summed E-state index contributed by atoms with van der Waals surface area (Å²) in [4.78, 5) is 22.7. The van der Waals surface area contributed by atoms with Crippen LogP contribution < -0.4 is 0 Å². The first-order valence-corrected chi connectivity index (χ1v) is 10.8. The molecule has 156 valence electrons. The van der Waals surface area contributed by atoms with Crippen LogP contribution >= 0.6 is 0 Å². The monoisotopic (exact) mass is 413 g/mol. The van der Waals surface area contributed by atoms with Gasteiger partial charge in [-0.05, 0) is 54.2 Å². The lowest BCUT2D eigenvalue weighted by molar-refractivity contribution is -0.132. The van der Waals surface area contributed by atoms with Crippen LogP contribution in [0.5, 0.6) is 0 Å². The Kier molecular flexibility index (Phi) is 5.24. The second-order valence-corrected chi connectivity index (χ2v) is 8.09. The van der Waals surface area contributed by atoms with Crippen molar-refractivity contribution >= 4 is 16.9 Å². The molecule has 1 aromatic heterocycles. The van der Waals surface area contributed by atoms with Crippen molar-refractivity contribution in [2.45, 2.75) is 31.7 Å². The minimum atomic E-state index is -0.291. The third kappa shape index (κ3) is 4.08. The number of aromatic amines is 1. The van der Waals surface area contributed by atoms with Gasteiger partial charge in [0.15, 0.2) is 0 Å². The Morgan fingerprint density at radius 1 is 1.03 bits per heavy atom. The zero-order chi connectivity index (χ0) is 21.2. The molecule has 1 fully saturated rings. The smallest absolute Gasteiger partial charge is 0.223 e. The Balaban J connectivity index is 1.25. The lowest BCUT2D eigenvalue weighted by atomic mass is 10.0. The fraction of sp³-hybridized carbons (Fsp3) is 0.231. The van der Waals surface area contributed by atoms with Gasteiger partial charge in [-0.3, -0.25) is 4.79 Å². The number of hydrogen-bond acceptors (Lipinski definition) is 2. The first-order valence-electron chi connectivity index (χ1n) is 10.8. The van der Waals surface area contributed by atoms with Crippen molar-refractivity contribution in [2.24, 2.45) is 0 Å². The van der Waals surface area contributed by atoms with Crippen LogP contribution in [0.15, 0.2) is 72.8 Å². The molecule has 5 heteroatoms. The second kappa shape index (κ2) is 8.34. The van der Waals surface area contributed by atoms with Crippen LogP contribution in [0.3, 0.4) is 0 Å². The van der Waals surface area contributed by atoms with E-state index >= 15 is 0 Å². The van der Waals surface area contributed by atoms with E-state index in [1.165, 1.54) is 23.3 Å². The van der Waals surface area contributed by atoms with Gasteiger partial charge in [-0.15, -0.1) is 0 Å². The van der Waals surface area contributed by atoms with Gasteiger partial charge >= 0.3 is 0 Å². The molecule has 1 aliphatic heterocycles. The van der Waals surface area contributed by atoms with Gasteiger partial charge in [-0.25, -0.2) is 9.37 Å². The Morgan fingerprint density at radius 3 is 2.61 bits per heavy atom. The summed E-state index contributed by atoms with van der Waals surface area (Å²) < 4.78 is 13.5. The molecule has 31 heavy (non-hydrogen) atoms. The van der Waals surface area contributed by atoms with E-state index in [1.54, 1.807) is 6.07 Å². The van der Waals surface area contributed by atoms with Gasteiger partial charge in [0.2, 0.25) is 5.91 Å². The van der Waals surface area contributed by atoms with Crippen molar-refractivity contribution in [3.63, 3.8) is 0 Å². The van der Waals surface area contributed by atoms with E-state index in [0.717, 1.165) is 36.3 Å². The van der Waals surface area contributed by atoms with Crippen LogP contribution in [0.4, 0.5) is 4.39 Å². The summed E-state index contributed by atoms with van der Waals surface area (Å²) in [5.74, 6) is 0.597. The Morgan fingerprint density at radius 2 is 1.81 bits per heavy atom. The fourth-order valence-electron chi connectivity index (χ4n) is 4.40. The number of fused-ring (bicyclic) bond motifs is 1. The molecule has 1 aliphatic rings. The molecule has 0 spiro atoms. The molecular weight excluding hydrogens is 389 g/mol. The van der Waals surface area contributed by atoms with Crippen molar-refractivity contribution < 1.29 is 9.18 Å². The summed E-state index contributed by atoms with van der Waals surface area (Å²) in [6, 6.07) is 23.2. The van der Waals surface area contributed by atoms with E-state index in [1.807, 2.05) is 23.1 Å². The number of amides is 1. The number of benzene rings is 3. The number of rotatable bonds is 5. The third-order valence-electron chi connectivity index (χ3n) is 6.04. The number of hydrogen-bond donors (Lipinski definition) is 1. The Hall–Kier alpha value is -3.47. The Labute approximate surface area is 180 Å². The van der Waals surface area contributed by atoms with Crippen molar-refractivity contribution in [3.05, 3.63) is 90.0 Å². The molecule has 2 heterocycles. The molecule has 0 radical (unpaired) electrons. The van der Waals surface area contributed by atoms with E-state index in [4.69, 9.17) is 0 Å². The molecular formula is C26H24FN3O. The fourth-order valence-corrected chi connectivity index (χ4v) is 4.40. The number of nitrogens with zero attached hydrogens (tertiary/aromatic N) is 2. The molecule has 1 amide bonds. The number of likely N-dealkylation sites (tertiary alicyclic amines) is 1. The highest BCUT2D eigenvalue weighted by Gasteiger charge is 2.31. The van der Waals surface area contributed by atoms with Crippen LogP contribution in [-0.4, -0.2) is 27.3 Å². The quantitative estimate of drug-likeness (QED) is 0.459. The normalized spacial score (nSPS) is 16.2. The highest BCUT2D eigenvalue weighted by molar-refractivity contribution is 5.78. The van der Waals surface area contributed by atoms with E-state index in [-0.39, 0.29) is 17.8 Å². The number of nitrogens with one attached hydrogen (secondary N) is 1. The van der Waals surface area contributed by atoms with Crippen molar-refractivity contribution in [1.82, 2.24) is 14.9 Å². The number of carbonyl (C=O) groups excluding carboxylic acids is 1. The molecule has 1 N–H and O–H groups in total. The summed E-state index contributed by atoms with van der Waals surface area (Å²) in [5.41, 5.74) is 4.93. The first kappa shape index (κ1) is 19.5. The average molecular weight is 413 g/mol. The van der Waals surface area contributed by atoms with Crippen molar-refractivity contribution in [1.29, 1.82) is 0 Å². The van der Waals surface area contributed by atoms with E-state index in [0.29, 0.717) is 18.4 Å². The predicted octanol–water partition coefficient (Wildman–Crippen LogP) is 5.67. The number of aromatic nitrogens is 2. The zero-order valence-electron chi connectivity index (χ0n) is 17.2.